The Labute approximate surface area is 99.0 Å². The molecule has 1 aromatic carbocycles. The Kier molecular flexibility index (Phi) is 4.51. The minimum atomic E-state index is -0.964. The first-order valence-corrected chi connectivity index (χ1v) is 5.11. The van der Waals surface area contributed by atoms with Crippen LogP contribution in [0.5, 0.6) is 5.75 Å². The van der Waals surface area contributed by atoms with Crippen molar-refractivity contribution in [1.29, 1.82) is 0 Å². The summed E-state index contributed by atoms with van der Waals surface area (Å²) in [5, 5.41) is 8.83. The maximum Gasteiger partial charge on any atom is 0.335 e. The number of aromatic carboxylic acids is 1. The van der Waals surface area contributed by atoms with Gasteiger partial charge in [-0.1, -0.05) is 0 Å². The molecule has 0 aliphatic heterocycles. The molecule has 0 atom stereocenters. The van der Waals surface area contributed by atoms with Gasteiger partial charge in [-0.2, -0.15) is 0 Å². The molecule has 5 heteroatoms. The Hall–Kier alpha value is -2.04. The van der Waals surface area contributed by atoms with Gasteiger partial charge in [0.25, 0.3) is 0 Å². The zero-order chi connectivity index (χ0) is 12.8. The lowest BCUT2D eigenvalue weighted by molar-refractivity contribution is -0.141. The Bertz CT molecular complexity index is 425. The summed E-state index contributed by atoms with van der Waals surface area (Å²) in [7, 11) is 0. The first-order chi connectivity index (χ1) is 8.00. The molecule has 0 aromatic heterocycles. The number of esters is 1. The average Bonchev–Trinajstić information content (AvgIpc) is 2.23. The molecular weight excluding hydrogens is 224 g/mol. The van der Waals surface area contributed by atoms with Gasteiger partial charge in [-0.3, -0.25) is 4.79 Å². The van der Waals surface area contributed by atoms with Crippen LogP contribution in [0, 0.1) is 6.92 Å². The normalized spacial score (nSPS) is 9.76. The van der Waals surface area contributed by atoms with Gasteiger partial charge in [0.15, 0.2) is 0 Å². The van der Waals surface area contributed by atoms with Gasteiger partial charge in [0.1, 0.15) is 19.0 Å². The topological polar surface area (TPSA) is 72.8 Å². The average molecular weight is 238 g/mol. The molecule has 5 nitrogen and oxygen atoms in total. The summed E-state index contributed by atoms with van der Waals surface area (Å²) < 4.78 is 10.00. The fraction of sp³-hybridized carbons (Fsp3) is 0.333. The van der Waals surface area contributed by atoms with Gasteiger partial charge in [-0.15, -0.1) is 0 Å². The molecule has 1 aromatic rings. The van der Waals surface area contributed by atoms with E-state index < -0.39 is 5.97 Å². The lowest BCUT2D eigenvalue weighted by atomic mass is 10.1. The van der Waals surface area contributed by atoms with Crippen LogP contribution in [0.2, 0.25) is 0 Å². The Morgan fingerprint density at radius 1 is 1.29 bits per heavy atom. The van der Waals surface area contributed by atoms with Gasteiger partial charge in [-0.05, 0) is 30.7 Å². The second-order valence-electron chi connectivity index (χ2n) is 3.47. The molecule has 0 spiro atoms. The molecule has 92 valence electrons. The van der Waals surface area contributed by atoms with Crippen molar-refractivity contribution in [3.8, 4) is 5.75 Å². The smallest absolute Gasteiger partial charge is 0.335 e. The molecule has 0 fully saturated rings. The van der Waals surface area contributed by atoms with Crippen molar-refractivity contribution < 1.29 is 24.2 Å². The number of carboxylic acid groups (broad SMARTS) is 1. The second-order valence-corrected chi connectivity index (χ2v) is 3.47. The third-order valence-electron chi connectivity index (χ3n) is 2.09. The molecule has 0 saturated carbocycles. The minimum absolute atomic E-state index is 0.176. The van der Waals surface area contributed by atoms with Crippen LogP contribution in [0.1, 0.15) is 22.8 Å². The van der Waals surface area contributed by atoms with Gasteiger partial charge < -0.3 is 14.6 Å². The maximum atomic E-state index is 10.8. The van der Waals surface area contributed by atoms with Gasteiger partial charge >= 0.3 is 11.9 Å². The molecule has 0 aliphatic carbocycles. The van der Waals surface area contributed by atoms with E-state index in [4.69, 9.17) is 14.6 Å². The van der Waals surface area contributed by atoms with Crippen molar-refractivity contribution in [3.05, 3.63) is 29.3 Å². The highest BCUT2D eigenvalue weighted by Crippen LogP contribution is 2.17. The number of carbonyl (C=O) groups is 2. The third kappa shape index (κ3) is 4.14. The van der Waals surface area contributed by atoms with Crippen LogP contribution in [0.25, 0.3) is 0 Å². The molecule has 1 rings (SSSR count). The van der Waals surface area contributed by atoms with Gasteiger partial charge in [-0.25, -0.2) is 4.79 Å². The largest absolute Gasteiger partial charge is 0.490 e. The molecule has 0 amide bonds. The Balaban J connectivity index is 2.53. The molecule has 0 heterocycles. The quantitative estimate of drug-likeness (QED) is 0.623. The van der Waals surface area contributed by atoms with Crippen LogP contribution >= 0.6 is 0 Å². The van der Waals surface area contributed by atoms with Crippen LogP contribution in [0.15, 0.2) is 18.2 Å². The molecular formula is C12H14O5. The standard InChI is InChI=1S/C12H14O5/c1-8-7-10(3-4-11(8)12(14)15)17-6-5-16-9(2)13/h3-4,7H,5-6H2,1-2H3,(H,14,15). The Morgan fingerprint density at radius 2 is 2.00 bits per heavy atom. The third-order valence-corrected chi connectivity index (χ3v) is 2.09. The van der Waals surface area contributed by atoms with Crippen molar-refractivity contribution in [2.45, 2.75) is 13.8 Å². The summed E-state index contributed by atoms with van der Waals surface area (Å²) in [6.45, 7) is 3.44. The van der Waals surface area contributed by atoms with Gasteiger partial charge in [0.2, 0.25) is 0 Å². The zero-order valence-corrected chi connectivity index (χ0v) is 9.73. The summed E-state index contributed by atoms with van der Waals surface area (Å²) in [5.41, 5.74) is 0.875. The van der Waals surface area contributed by atoms with Crippen LogP contribution in [-0.4, -0.2) is 30.3 Å². The monoisotopic (exact) mass is 238 g/mol. The molecule has 0 saturated heterocycles. The van der Waals surface area contributed by atoms with E-state index in [1.54, 1.807) is 19.1 Å². The molecule has 0 radical (unpaired) electrons. The van der Waals surface area contributed by atoms with E-state index in [0.29, 0.717) is 11.3 Å². The highest BCUT2D eigenvalue weighted by atomic mass is 16.6. The Morgan fingerprint density at radius 3 is 2.53 bits per heavy atom. The van der Waals surface area contributed by atoms with Crippen molar-refractivity contribution in [2.75, 3.05) is 13.2 Å². The number of rotatable bonds is 5. The van der Waals surface area contributed by atoms with Gasteiger partial charge in [0.05, 0.1) is 5.56 Å². The molecule has 1 N–H and O–H groups in total. The van der Waals surface area contributed by atoms with E-state index >= 15 is 0 Å². The summed E-state index contributed by atoms with van der Waals surface area (Å²) in [6, 6.07) is 4.69. The SMILES string of the molecule is CC(=O)OCCOc1ccc(C(=O)O)c(C)c1. The van der Waals surface area contributed by atoms with Crippen LogP contribution in [-0.2, 0) is 9.53 Å². The predicted molar refractivity (Wildman–Crippen MR) is 60.3 cm³/mol. The van der Waals surface area contributed by atoms with Crippen molar-refractivity contribution in [3.63, 3.8) is 0 Å². The number of carboxylic acids is 1. The van der Waals surface area contributed by atoms with Crippen LogP contribution in [0.4, 0.5) is 0 Å². The van der Waals surface area contributed by atoms with E-state index in [1.165, 1.54) is 13.0 Å². The number of benzene rings is 1. The molecule has 0 aliphatic rings. The lowest BCUT2D eigenvalue weighted by Gasteiger charge is -2.08. The molecule has 17 heavy (non-hydrogen) atoms. The summed E-state index contributed by atoms with van der Waals surface area (Å²) >= 11 is 0. The maximum absolute atomic E-state index is 10.8. The van der Waals surface area contributed by atoms with E-state index in [0.717, 1.165) is 0 Å². The first kappa shape index (κ1) is 13.0. The highest BCUT2D eigenvalue weighted by Gasteiger charge is 2.07. The second kappa shape index (κ2) is 5.89. The molecule has 0 unspecified atom stereocenters. The summed E-state index contributed by atoms with van der Waals surface area (Å²) in [4.78, 5) is 21.3. The highest BCUT2D eigenvalue weighted by molar-refractivity contribution is 5.89. The van der Waals surface area contributed by atoms with Crippen molar-refractivity contribution >= 4 is 11.9 Å². The summed E-state index contributed by atoms with van der Waals surface area (Å²) in [5.74, 6) is -0.764. The fourth-order valence-corrected chi connectivity index (χ4v) is 1.31. The number of carbonyl (C=O) groups excluding carboxylic acids is 1. The van der Waals surface area contributed by atoms with Crippen molar-refractivity contribution in [1.82, 2.24) is 0 Å². The number of aryl methyl sites for hydroxylation is 1. The van der Waals surface area contributed by atoms with E-state index in [9.17, 15) is 9.59 Å². The number of ether oxygens (including phenoxy) is 2. The number of hydrogen-bond acceptors (Lipinski definition) is 4. The zero-order valence-electron chi connectivity index (χ0n) is 9.73. The number of hydrogen-bond donors (Lipinski definition) is 1. The first-order valence-electron chi connectivity index (χ1n) is 5.11. The fourth-order valence-electron chi connectivity index (χ4n) is 1.31. The lowest BCUT2D eigenvalue weighted by Crippen LogP contribution is -2.09. The van der Waals surface area contributed by atoms with E-state index in [1.807, 2.05) is 0 Å². The summed E-state index contributed by atoms with van der Waals surface area (Å²) in [6.07, 6.45) is 0. The predicted octanol–water partition coefficient (Wildman–Crippen LogP) is 1.64. The van der Waals surface area contributed by atoms with E-state index in [2.05, 4.69) is 0 Å². The van der Waals surface area contributed by atoms with Crippen LogP contribution in [0.3, 0.4) is 0 Å². The minimum Gasteiger partial charge on any atom is -0.490 e. The van der Waals surface area contributed by atoms with Crippen molar-refractivity contribution in [2.24, 2.45) is 0 Å². The van der Waals surface area contributed by atoms with E-state index in [-0.39, 0.29) is 24.7 Å². The van der Waals surface area contributed by atoms with Gasteiger partial charge in [0, 0.05) is 6.92 Å². The van der Waals surface area contributed by atoms with Crippen LogP contribution < -0.4 is 4.74 Å². The molecule has 0 bridgehead atoms.